The van der Waals surface area contributed by atoms with Gasteiger partial charge >= 0.3 is 5.97 Å². The molecule has 8 heteroatoms. The molecule has 0 aliphatic heterocycles. The van der Waals surface area contributed by atoms with E-state index >= 15 is 0 Å². The fraction of sp³-hybridized carbons (Fsp3) is 0.286. The Balaban J connectivity index is 2.10. The van der Waals surface area contributed by atoms with Crippen molar-refractivity contribution < 1.29 is 19.0 Å². The van der Waals surface area contributed by atoms with Gasteiger partial charge in [-0.05, 0) is 30.7 Å². The Morgan fingerprint density at radius 3 is 2.77 bits per heavy atom. The largest absolute Gasteiger partial charge is 0.493 e. The van der Waals surface area contributed by atoms with Gasteiger partial charge in [0.05, 0.1) is 19.9 Å². The average Bonchev–Trinajstić information content (AvgIpc) is 3.04. The van der Waals surface area contributed by atoms with E-state index in [9.17, 15) is 4.79 Å². The van der Waals surface area contributed by atoms with Crippen LogP contribution in [-0.2, 0) is 9.53 Å². The van der Waals surface area contributed by atoms with E-state index in [0.29, 0.717) is 18.1 Å². The number of hydrogen-bond acceptors (Lipinski definition) is 7. The Morgan fingerprint density at radius 1 is 1.32 bits per heavy atom. The summed E-state index contributed by atoms with van der Waals surface area (Å²) in [4.78, 5) is 11.4. The van der Waals surface area contributed by atoms with Gasteiger partial charge in [0.15, 0.2) is 18.1 Å². The van der Waals surface area contributed by atoms with Gasteiger partial charge in [-0.3, -0.25) is 0 Å². The molecule has 22 heavy (non-hydrogen) atoms. The van der Waals surface area contributed by atoms with E-state index in [4.69, 9.17) is 14.2 Å². The highest BCUT2D eigenvalue weighted by atomic mass is 16.6. The van der Waals surface area contributed by atoms with Crippen molar-refractivity contribution in [2.75, 3.05) is 20.3 Å². The average molecular weight is 304 g/mol. The van der Waals surface area contributed by atoms with E-state index in [1.54, 1.807) is 25.3 Å². The lowest BCUT2D eigenvalue weighted by molar-refractivity contribution is -0.145. The number of methoxy groups -OCH3 is 1. The molecular weight excluding hydrogens is 288 g/mol. The lowest BCUT2D eigenvalue weighted by Crippen LogP contribution is -2.15. The van der Waals surface area contributed by atoms with Gasteiger partial charge in [0.2, 0.25) is 0 Å². The van der Waals surface area contributed by atoms with E-state index in [1.165, 1.54) is 24.4 Å². The summed E-state index contributed by atoms with van der Waals surface area (Å²) in [7, 11) is 1.53. The minimum Gasteiger partial charge on any atom is -0.493 e. The van der Waals surface area contributed by atoms with Crippen LogP contribution in [0.2, 0.25) is 0 Å². The van der Waals surface area contributed by atoms with Crippen LogP contribution in [0.15, 0.2) is 36.0 Å². The van der Waals surface area contributed by atoms with E-state index in [-0.39, 0.29) is 6.61 Å². The summed E-state index contributed by atoms with van der Waals surface area (Å²) in [5.41, 5.74) is 0.772. The first-order valence-electron chi connectivity index (χ1n) is 6.58. The zero-order valence-electron chi connectivity index (χ0n) is 12.3. The third kappa shape index (κ3) is 4.30. The molecule has 0 aliphatic rings. The number of hydrogen-bond donors (Lipinski definition) is 0. The lowest BCUT2D eigenvalue weighted by Gasteiger charge is -2.10. The molecule has 0 fully saturated rings. The van der Waals surface area contributed by atoms with Crippen molar-refractivity contribution >= 4 is 12.2 Å². The lowest BCUT2D eigenvalue weighted by atomic mass is 10.2. The van der Waals surface area contributed by atoms with Gasteiger partial charge in [-0.25, -0.2) is 9.47 Å². The van der Waals surface area contributed by atoms with Crippen molar-refractivity contribution in [2.24, 2.45) is 5.10 Å². The molecule has 0 aliphatic carbocycles. The summed E-state index contributed by atoms with van der Waals surface area (Å²) in [5.74, 6) is 0.516. The Kier molecular flexibility index (Phi) is 5.47. The molecule has 1 heterocycles. The molecule has 2 rings (SSSR count). The molecular formula is C14H16N4O4. The van der Waals surface area contributed by atoms with Crippen LogP contribution in [0.25, 0.3) is 0 Å². The molecule has 1 aromatic heterocycles. The van der Waals surface area contributed by atoms with Crippen molar-refractivity contribution in [3.05, 3.63) is 36.4 Å². The number of ether oxygens (including phenoxy) is 3. The summed E-state index contributed by atoms with van der Waals surface area (Å²) < 4.78 is 16.9. The number of rotatable bonds is 7. The molecule has 0 bridgehead atoms. The highest BCUT2D eigenvalue weighted by Crippen LogP contribution is 2.27. The molecule has 0 spiro atoms. The normalized spacial score (nSPS) is 10.6. The minimum atomic E-state index is -0.437. The highest BCUT2D eigenvalue weighted by molar-refractivity contribution is 5.81. The summed E-state index contributed by atoms with van der Waals surface area (Å²) in [6.45, 7) is 1.86. The van der Waals surface area contributed by atoms with Crippen LogP contribution in [0, 0.1) is 0 Å². The Bertz CT molecular complexity index is 640. The van der Waals surface area contributed by atoms with Crippen molar-refractivity contribution in [3.63, 3.8) is 0 Å². The zero-order valence-corrected chi connectivity index (χ0v) is 12.3. The summed E-state index contributed by atoms with van der Waals surface area (Å²) in [6, 6.07) is 5.25. The number of esters is 1. The summed E-state index contributed by atoms with van der Waals surface area (Å²) in [5, 5.41) is 11.4. The van der Waals surface area contributed by atoms with E-state index in [2.05, 4.69) is 15.3 Å². The molecule has 0 unspecified atom stereocenters. The number of aromatic nitrogens is 3. The molecule has 0 atom stereocenters. The monoisotopic (exact) mass is 304 g/mol. The molecule has 0 amide bonds. The maximum Gasteiger partial charge on any atom is 0.344 e. The second kappa shape index (κ2) is 7.77. The van der Waals surface area contributed by atoms with Gasteiger partial charge in [-0.1, -0.05) is 0 Å². The van der Waals surface area contributed by atoms with Crippen LogP contribution in [0.1, 0.15) is 12.5 Å². The fourth-order valence-electron chi connectivity index (χ4n) is 1.61. The van der Waals surface area contributed by atoms with Crippen LogP contribution in [0.4, 0.5) is 0 Å². The highest BCUT2D eigenvalue weighted by Gasteiger charge is 2.08. The molecule has 1 aromatic carbocycles. The van der Waals surface area contributed by atoms with Crippen molar-refractivity contribution in [1.29, 1.82) is 0 Å². The van der Waals surface area contributed by atoms with Crippen molar-refractivity contribution in [3.8, 4) is 11.5 Å². The van der Waals surface area contributed by atoms with Crippen LogP contribution < -0.4 is 9.47 Å². The van der Waals surface area contributed by atoms with Gasteiger partial charge in [0.1, 0.15) is 12.7 Å². The van der Waals surface area contributed by atoms with Crippen LogP contribution >= 0.6 is 0 Å². The Hall–Kier alpha value is -2.90. The predicted molar refractivity (Wildman–Crippen MR) is 78.1 cm³/mol. The molecule has 0 saturated carbocycles. The van der Waals surface area contributed by atoms with Crippen molar-refractivity contribution in [1.82, 2.24) is 14.9 Å². The molecule has 0 saturated heterocycles. The molecule has 2 aromatic rings. The maximum atomic E-state index is 11.4. The first-order valence-corrected chi connectivity index (χ1v) is 6.58. The topological polar surface area (TPSA) is 87.8 Å². The second-order valence-corrected chi connectivity index (χ2v) is 4.09. The third-order valence-corrected chi connectivity index (χ3v) is 2.59. The quantitative estimate of drug-likeness (QED) is 0.562. The van der Waals surface area contributed by atoms with Crippen LogP contribution in [0.3, 0.4) is 0 Å². The molecule has 0 N–H and O–H groups in total. The standard InChI is InChI=1S/C14H16N4O4/c1-3-21-14(19)8-22-13-6-11(4-5-12(13)20-2)7-17-18-9-15-16-10-18/h4-7,9-10H,3,8H2,1-2H3/b17-7-. The van der Waals surface area contributed by atoms with Gasteiger partial charge in [-0.2, -0.15) is 5.10 Å². The smallest absolute Gasteiger partial charge is 0.344 e. The molecule has 0 radical (unpaired) electrons. The first kappa shape index (κ1) is 15.5. The van der Waals surface area contributed by atoms with Crippen molar-refractivity contribution in [2.45, 2.75) is 6.92 Å². The Labute approximate surface area is 127 Å². The molecule has 116 valence electrons. The fourth-order valence-corrected chi connectivity index (χ4v) is 1.61. The summed E-state index contributed by atoms with van der Waals surface area (Å²) in [6.07, 6.45) is 4.55. The van der Waals surface area contributed by atoms with Gasteiger partial charge in [0, 0.05) is 0 Å². The SMILES string of the molecule is CCOC(=O)COc1cc(/C=N\n2cnnc2)ccc1OC. The molecule has 8 nitrogen and oxygen atoms in total. The van der Waals surface area contributed by atoms with Crippen LogP contribution in [-0.4, -0.2) is 47.4 Å². The Morgan fingerprint density at radius 2 is 2.09 bits per heavy atom. The number of nitrogens with zero attached hydrogens (tertiary/aromatic N) is 4. The van der Waals surface area contributed by atoms with Crippen LogP contribution in [0.5, 0.6) is 11.5 Å². The second-order valence-electron chi connectivity index (χ2n) is 4.09. The third-order valence-electron chi connectivity index (χ3n) is 2.59. The van der Waals surface area contributed by atoms with Gasteiger partial charge < -0.3 is 14.2 Å². The van der Waals surface area contributed by atoms with E-state index in [0.717, 1.165) is 5.56 Å². The predicted octanol–water partition coefficient (Wildman–Crippen LogP) is 1.11. The number of carbonyl (C=O) groups excluding carboxylic acids is 1. The number of carbonyl (C=O) groups is 1. The zero-order chi connectivity index (χ0) is 15.8. The first-order chi connectivity index (χ1) is 10.7. The minimum absolute atomic E-state index is 0.184. The number of benzene rings is 1. The van der Waals surface area contributed by atoms with E-state index in [1.807, 2.05) is 6.07 Å². The van der Waals surface area contributed by atoms with Gasteiger partial charge in [-0.15, -0.1) is 10.2 Å². The van der Waals surface area contributed by atoms with Gasteiger partial charge in [0.25, 0.3) is 0 Å². The summed E-state index contributed by atoms with van der Waals surface area (Å²) >= 11 is 0. The van der Waals surface area contributed by atoms with E-state index < -0.39 is 5.97 Å². The maximum absolute atomic E-state index is 11.4.